The summed E-state index contributed by atoms with van der Waals surface area (Å²) in [5.41, 5.74) is 1.76. The van der Waals surface area contributed by atoms with Crippen LogP contribution in [0.4, 0.5) is 8.78 Å². The van der Waals surface area contributed by atoms with Crippen molar-refractivity contribution in [2.45, 2.75) is 32.9 Å². The van der Waals surface area contributed by atoms with Gasteiger partial charge in [0.1, 0.15) is 18.1 Å². The van der Waals surface area contributed by atoms with E-state index >= 15 is 0 Å². The number of rotatable bonds is 8. The molecule has 0 aliphatic carbocycles. The van der Waals surface area contributed by atoms with Crippen LogP contribution in [0.5, 0.6) is 5.75 Å². The van der Waals surface area contributed by atoms with Crippen molar-refractivity contribution >= 4 is 5.96 Å². The SMILES string of the molecule is COc1ccc(CCNC(=NCc2nnc(C)n2C)NC(C)c2ccc(F)c(F)c2)cc1. The first-order chi connectivity index (χ1) is 15.4. The highest BCUT2D eigenvalue weighted by atomic mass is 19.2. The number of aromatic nitrogens is 3. The van der Waals surface area contributed by atoms with Crippen LogP contribution in [0.3, 0.4) is 0 Å². The van der Waals surface area contributed by atoms with E-state index < -0.39 is 11.6 Å². The minimum absolute atomic E-state index is 0.293. The molecule has 3 aromatic rings. The molecule has 0 spiro atoms. The summed E-state index contributed by atoms with van der Waals surface area (Å²) in [6.07, 6.45) is 0.771. The first kappa shape index (κ1) is 23.2. The fraction of sp³-hybridized carbons (Fsp3) is 0.348. The lowest BCUT2D eigenvalue weighted by Gasteiger charge is -2.19. The third-order valence-electron chi connectivity index (χ3n) is 5.22. The molecule has 1 aromatic heterocycles. The second-order valence-electron chi connectivity index (χ2n) is 7.45. The Bertz CT molecular complexity index is 1060. The number of benzene rings is 2. The van der Waals surface area contributed by atoms with Gasteiger partial charge in [-0.3, -0.25) is 0 Å². The summed E-state index contributed by atoms with van der Waals surface area (Å²) >= 11 is 0. The summed E-state index contributed by atoms with van der Waals surface area (Å²) < 4.78 is 34.0. The van der Waals surface area contributed by atoms with Crippen LogP contribution >= 0.6 is 0 Å². The Balaban J connectivity index is 1.69. The molecule has 1 unspecified atom stereocenters. The van der Waals surface area contributed by atoms with Gasteiger partial charge in [-0.25, -0.2) is 13.8 Å². The van der Waals surface area contributed by atoms with E-state index in [0.717, 1.165) is 35.4 Å². The smallest absolute Gasteiger partial charge is 0.192 e. The molecular formula is C23H28F2N6O. The predicted molar refractivity (Wildman–Crippen MR) is 119 cm³/mol. The molecule has 0 saturated heterocycles. The van der Waals surface area contributed by atoms with E-state index in [2.05, 4.69) is 25.8 Å². The van der Waals surface area contributed by atoms with Crippen LogP contribution < -0.4 is 15.4 Å². The van der Waals surface area contributed by atoms with E-state index in [1.165, 1.54) is 6.07 Å². The lowest BCUT2D eigenvalue weighted by Crippen LogP contribution is -2.40. The zero-order valence-electron chi connectivity index (χ0n) is 18.7. The highest BCUT2D eigenvalue weighted by Gasteiger charge is 2.12. The number of hydrogen-bond acceptors (Lipinski definition) is 4. The molecule has 0 saturated carbocycles. The predicted octanol–water partition coefficient (Wildman–Crippen LogP) is 3.45. The number of hydrogen-bond donors (Lipinski definition) is 2. The van der Waals surface area contributed by atoms with E-state index in [-0.39, 0.29) is 6.04 Å². The summed E-state index contributed by atoms with van der Waals surface area (Å²) in [7, 11) is 3.52. The van der Waals surface area contributed by atoms with Crippen molar-refractivity contribution in [2.75, 3.05) is 13.7 Å². The summed E-state index contributed by atoms with van der Waals surface area (Å²) in [4.78, 5) is 4.62. The molecule has 170 valence electrons. The lowest BCUT2D eigenvalue weighted by molar-refractivity contribution is 0.414. The molecule has 7 nitrogen and oxygen atoms in total. The summed E-state index contributed by atoms with van der Waals surface area (Å²) in [5, 5.41) is 14.7. The topological polar surface area (TPSA) is 76.4 Å². The Labute approximate surface area is 186 Å². The van der Waals surface area contributed by atoms with Crippen LogP contribution in [0.2, 0.25) is 0 Å². The van der Waals surface area contributed by atoms with Gasteiger partial charge in [-0.1, -0.05) is 18.2 Å². The highest BCUT2D eigenvalue weighted by molar-refractivity contribution is 5.80. The molecule has 1 heterocycles. The molecule has 0 radical (unpaired) electrons. The average Bonchev–Trinajstić information content (AvgIpc) is 3.11. The van der Waals surface area contributed by atoms with Crippen molar-refractivity contribution in [1.82, 2.24) is 25.4 Å². The zero-order chi connectivity index (χ0) is 23.1. The van der Waals surface area contributed by atoms with Crippen molar-refractivity contribution in [3.8, 4) is 5.75 Å². The van der Waals surface area contributed by atoms with Gasteiger partial charge in [0.2, 0.25) is 0 Å². The molecular weight excluding hydrogens is 414 g/mol. The van der Waals surface area contributed by atoms with Crippen molar-refractivity contribution in [1.29, 1.82) is 0 Å². The molecule has 0 bridgehead atoms. The van der Waals surface area contributed by atoms with Crippen LogP contribution in [0.15, 0.2) is 47.5 Å². The molecule has 0 aliphatic heterocycles. The van der Waals surface area contributed by atoms with Crippen molar-refractivity contribution < 1.29 is 13.5 Å². The van der Waals surface area contributed by atoms with Gasteiger partial charge in [-0.15, -0.1) is 10.2 Å². The van der Waals surface area contributed by atoms with Crippen LogP contribution in [-0.2, 0) is 20.0 Å². The molecule has 9 heteroatoms. The van der Waals surface area contributed by atoms with Crippen LogP contribution in [-0.4, -0.2) is 34.4 Å². The number of guanidine groups is 1. The Morgan fingerprint density at radius 2 is 1.88 bits per heavy atom. The Kier molecular flexibility index (Phi) is 7.75. The highest BCUT2D eigenvalue weighted by Crippen LogP contribution is 2.16. The van der Waals surface area contributed by atoms with Gasteiger partial charge in [0, 0.05) is 13.6 Å². The van der Waals surface area contributed by atoms with Crippen molar-refractivity contribution in [3.05, 3.63) is 76.9 Å². The Morgan fingerprint density at radius 1 is 1.12 bits per heavy atom. The first-order valence-corrected chi connectivity index (χ1v) is 10.3. The summed E-state index contributed by atoms with van der Waals surface area (Å²) in [6, 6.07) is 11.4. The minimum Gasteiger partial charge on any atom is -0.497 e. The molecule has 3 rings (SSSR count). The second-order valence-corrected chi connectivity index (χ2v) is 7.45. The second kappa shape index (κ2) is 10.7. The van der Waals surface area contributed by atoms with Gasteiger partial charge in [0.25, 0.3) is 0 Å². The van der Waals surface area contributed by atoms with Crippen LogP contribution in [0, 0.1) is 18.6 Å². The molecule has 2 aromatic carbocycles. The summed E-state index contributed by atoms with van der Waals surface area (Å²) in [6.45, 7) is 4.68. The maximum absolute atomic E-state index is 13.7. The number of aryl methyl sites for hydroxylation is 1. The number of nitrogens with zero attached hydrogens (tertiary/aromatic N) is 4. The number of methoxy groups -OCH3 is 1. The number of halogens is 2. The zero-order valence-corrected chi connectivity index (χ0v) is 18.7. The fourth-order valence-electron chi connectivity index (χ4n) is 3.08. The number of ether oxygens (including phenoxy) is 1. The van der Waals surface area contributed by atoms with E-state index in [1.807, 2.05) is 49.7 Å². The minimum atomic E-state index is -0.878. The fourth-order valence-corrected chi connectivity index (χ4v) is 3.08. The molecule has 0 aliphatic rings. The van der Waals surface area contributed by atoms with Gasteiger partial charge < -0.3 is 19.9 Å². The van der Waals surface area contributed by atoms with Crippen molar-refractivity contribution in [3.63, 3.8) is 0 Å². The van der Waals surface area contributed by atoms with Gasteiger partial charge in [0.05, 0.1) is 13.2 Å². The van der Waals surface area contributed by atoms with Gasteiger partial charge in [-0.2, -0.15) is 0 Å². The quantitative estimate of drug-likeness (QED) is 0.413. The van der Waals surface area contributed by atoms with Gasteiger partial charge in [0.15, 0.2) is 23.4 Å². The summed E-state index contributed by atoms with van der Waals surface area (Å²) in [5.74, 6) is 1.12. The monoisotopic (exact) mass is 442 g/mol. The third-order valence-corrected chi connectivity index (χ3v) is 5.22. The lowest BCUT2D eigenvalue weighted by atomic mass is 10.1. The van der Waals surface area contributed by atoms with Crippen LogP contribution in [0.1, 0.15) is 35.7 Å². The van der Waals surface area contributed by atoms with E-state index in [1.54, 1.807) is 13.2 Å². The number of aliphatic imine (C=N–C) groups is 1. The molecule has 1 atom stereocenters. The molecule has 2 N–H and O–H groups in total. The maximum atomic E-state index is 13.7. The van der Waals surface area contributed by atoms with E-state index in [9.17, 15) is 8.78 Å². The molecule has 32 heavy (non-hydrogen) atoms. The maximum Gasteiger partial charge on any atom is 0.192 e. The van der Waals surface area contributed by atoms with E-state index in [4.69, 9.17) is 4.74 Å². The molecule has 0 amide bonds. The number of nitrogens with one attached hydrogen (secondary N) is 2. The van der Waals surface area contributed by atoms with Gasteiger partial charge >= 0.3 is 0 Å². The molecule has 0 fully saturated rings. The van der Waals surface area contributed by atoms with Gasteiger partial charge in [-0.05, 0) is 55.7 Å². The normalized spacial score (nSPS) is 12.5. The Morgan fingerprint density at radius 3 is 2.50 bits per heavy atom. The third kappa shape index (κ3) is 6.03. The largest absolute Gasteiger partial charge is 0.497 e. The standard InChI is InChI=1S/C23H28F2N6O/c1-15(18-7-10-20(24)21(25)13-18)28-23(27-14-22-30-29-16(2)31(22)3)26-12-11-17-5-8-19(32-4)9-6-17/h5-10,13,15H,11-12,14H2,1-4H3,(H2,26,27,28). The van der Waals surface area contributed by atoms with E-state index in [0.29, 0.717) is 24.6 Å². The first-order valence-electron chi connectivity index (χ1n) is 10.3. The Hall–Kier alpha value is -3.49. The van der Waals surface area contributed by atoms with Crippen LogP contribution in [0.25, 0.3) is 0 Å². The van der Waals surface area contributed by atoms with Crippen molar-refractivity contribution in [2.24, 2.45) is 12.0 Å². The average molecular weight is 443 g/mol.